The molecule has 4 heterocycles. The quantitative estimate of drug-likeness (QED) is 0.492. The van der Waals surface area contributed by atoms with Crippen LogP contribution in [0, 0.1) is 5.92 Å². The molecule has 0 unspecified atom stereocenters. The minimum Gasteiger partial charge on any atom is -0.355 e. The van der Waals surface area contributed by atoms with Gasteiger partial charge in [-0.1, -0.05) is 30.3 Å². The van der Waals surface area contributed by atoms with Gasteiger partial charge in [-0.15, -0.1) is 10.2 Å². The van der Waals surface area contributed by atoms with Crippen LogP contribution in [0.25, 0.3) is 17.1 Å². The smallest absolute Gasteiger partial charge is 0.223 e. The van der Waals surface area contributed by atoms with Gasteiger partial charge in [-0.05, 0) is 37.1 Å². The molecule has 1 amide bonds. The molecule has 1 aromatic carbocycles. The Hall–Kier alpha value is -4.14. The lowest BCUT2D eigenvalue weighted by Crippen LogP contribution is -2.40. The van der Waals surface area contributed by atoms with E-state index in [1.165, 1.54) is 0 Å². The second-order valence-electron chi connectivity index (χ2n) is 7.94. The lowest BCUT2D eigenvalue weighted by Gasteiger charge is -2.31. The zero-order valence-electron chi connectivity index (χ0n) is 18.1. The predicted octanol–water partition coefficient (Wildman–Crippen LogP) is 2.65. The SMILES string of the molecule is O=C(NCc1cc(-c2ccccc2)ncn1)C1CCN(c2ccc(-n3cccn3)nn2)CC1. The molecule has 1 N–H and O–H groups in total. The Morgan fingerprint density at radius 1 is 0.970 bits per heavy atom. The predicted molar refractivity (Wildman–Crippen MR) is 123 cm³/mol. The summed E-state index contributed by atoms with van der Waals surface area (Å²) >= 11 is 0. The molecule has 1 fully saturated rings. The number of carbonyl (C=O) groups is 1. The molecule has 9 nitrogen and oxygen atoms in total. The summed E-state index contributed by atoms with van der Waals surface area (Å²) in [5, 5.41) is 15.8. The highest BCUT2D eigenvalue weighted by molar-refractivity contribution is 5.79. The summed E-state index contributed by atoms with van der Waals surface area (Å²) in [7, 11) is 0. The lowest BCUT2D eigenvalue weighted by molar-refractivity contribution is -0.125. The number of hydrogen-bond donors (Lipinski definition) is 1. The third kappa shape index (κ3) is 4.87. The van der Waals surface area contributed by atoms with Gasteiger partial charge in [0.05, 0.1) is 17.9 Å². The Morgan fingerprint density at radius 3 is 2.48 bits per heavy atom. The van der Waals surface area contributed by atoms with Gasteiger partial charge >= 0.3 is 0 Å². The van der Waals surface area contributed by atoms with Crippen molar-refractivity contribution in [1.29, 1.82) is 0 Å². The van der Waals surface area contributed by atoms with Crippen molar-refractivity contribution in [3.63, 3.8) is 0 Å². The van der Waals surface area contributed by atoms with Gasteiger partial charge in [-0.25, -0.2) is 14.6 Å². The average Bonchev–Trinajstić information content (AvgIpc) is 3.43. The average molecular weight is 441 g/mol. The number of piperidine rings is 1. The number of rotatable bonds is 6. The van der Waals surface area contributed by atoms with Crippen LogP contribution in [0.1, 0.15) is 18.5 Å². The van der Waals surface area contributed by atoms with Gasteiger partial charge in [0.15, 0.2) is 11.6 Å². The highest BCUT2D eigenvalue weighted by Crippen LogP contribution is 2.22. The van der Waals surface area contributed by atoms with Crippen molar-refractivity contribution in [2.24, 2.45) is 5.92 Å². The maximum absolute atomic E-state index is 12.7. The van der Waals surface area contributed by atoms with Crippen LogP contribution in [-0.4, -0.2) is 48.9 Å². The molecule has 33 heavy (non-hydrogen) atoms. The maximum atomic E-state index is 12.7. The largest absolute Gasteiger partial charge is 0.355 e. The molecule has 1 saturated heterocycles. The lowest BCUT2D eigenvalue weighted by atomic mass is 9.96. The molecule has 166 valence electrons. The molecule has 0 aliphatic carbocycles. The van der Waals surface area contributed by atoms with Gasteiger partial charge in [-0.2, -0.15) is 5.10 Å². The van der Waals surface area contributed by atoms with E-state index >= 15 is 0 Å². The van der Waals surface area contributed by atoms with Crippen LogP contribution >= 0.6 is 0 Å². The third-order valence-electron chi connectivity index (χ3n) is 5.80. The number of anilines is 1. The first-order chi connectivity index (χ1) is 16.3. The summed E-state index contributed by atoms with van der Waals surface area (Å²) in [6.45, 7) is 1.92. The first kappa shape index (κ1) is 20.7. The molecule has 0 bridgehead atoms. The van der Waals surface area contributed by atoms with Crippen LogP contribution in [0.3, 0.4) is 0 Å². The molecule has 4 aromatic rings. The van der Waals surface area contributed by atoms with Gasteiger partial charge in [0.1, 0.15) is 6.33 Å². The zero-order valence-corrected chi connectivity index (χ0v) is 18.1. The van der Waals surface area contributed by atoms with E-state index in [-0.39, 0.29) is 11.8 Å². The van der Waals surface area contributed by atoms with E-state index in [0.29, 0.717) is 12.4 Å². The topological polar surface area (TPSA) is 102 Å². The summed E-state index contributed by atoms with van der Waals surface area (Å²) in [6.07, 6.45) is 6.62. The van der Waals surface area contributed by atoms with Gasteiger partial charge in [-0.3, -0.25) is 4.79 Å². The van der Waals surface area contributed by atoms with Gasteiger partial charge in [0.2, 0.25) is 5.91 Å². The van der Waals surface area contributed by atoms with Crippen molar-refractivity contribution in [3.05, 3.63) is 79.0 Å². The van der Waals surface area contributed by atoms with Crippen molar-refractivity contribution in [3.8, 4) is 17.1 Å². The molecular formula is C24H24N8O. The first-order valence-electron chi connectivity index (χ1n) is 11.0. The fourth-order valence-electron chi connectivity index (χ4n) is 3.97. The van der Waals surface area contributed by atoms with E-state index in [2.05, 4.69) is 35.5 Å². The molecule has 0 atom stereocenters. The molecule has 3 aromatic heterocycles. The molecule has 9 heteroatoms. The monoisotopic (exact) mass is 440 g/mol. The van der Waals surface area contributed by atoms with Crippen LogP contribution in [0.5, 0.6) is 0 Å². The number of amides is 1. The van der Waals surface area contributed by atoms with Crippen LogP contribution in [-0.2, 0) is 11.3 Å². The summed E-state index contributed by atoms with van der Waals surface area (Å²) in [4.78, 5) is 23.5. The fourth-order valence-corrected chi connectivity index (χ4v) is 3.97. The second-order valence-corrected chi connectivity index (χ2v) is 7.94. The molecule has 1 aliphatic rings. The first-order valence-corrected chi connectivity index (χ1v) is 11.0. The summed E-state index contributed by atoms with van der Waals surface area (Å²) in [5.41, 5.74) is 2.67. The molecule has 0 saturated carbocycles. The van der Waals surface area contributed by atoms with Gasteiger partial charge < -0.3 is 10.2 Å². The highest BCUT2D eigenvalue weighted by Gasteiger charge is 2.25. The Morgan fingerprint density at radius 2 is 1.76 bits per heavy atom. The van der Waals surface area contributed by atoms with E-state index in [9.17, 15) is 4.79 Å². The van der Waals surface area contributed by atoms with Crippen LogP contribution in [0.4, 0.5) is 5.82 Å². The van der Waals surface area contributed by atoms with Crippen molar-refractivity contribution in [2.45, 2.75) is 19.4 Å². The minimum atomic E-state index is -0.0204. The summed E-state index contributed by atoms with van der Waals surface area (Å²) < 4.78 is 1.67. The standard InChI is InChI=1S/C24H24N8O/c33-24(25-16-20-15-21(27-17-26-20)18-5-2-1-3-6-18)19-9-13-31(14-10-19)22-7-8-23(30-29-22)32-12-4-11-28-32/h1-8,11-12,15,17,19H,9-10,13-14,16H2,(H,25,33). The van der Waals surface area contributed by atoms with Crippen LogP contribution < -0.4 is 10.2 Å². The van der Waals surface area contributed by atoms with Crippen molar-refractivity contribution >= 4 is 11.7 Å². The van der Waals surface area contributed by atoms with Gasteiger partial charge in [0, 0.05) is 37.0 Å². The van der Waals surface area contributed by atoms with E-state index in [1.54, 1.807) is 17.2 Å². The van der Waals surface area contributed by atoms with E-state index < -0.39 is 0 Å². The minimum absolute atomic E-state index is 0.0204. The Bertz CT molecular complexity index is 1190. The van der Waals surface area contributed by atoms with E-state index in [0.717, 1.165) is 48.7 Å². The van der Waals surface area contributed by atoms with Crippen molar-refractivity contribution < 1.29 is 4.79 Å². The zero-order chi connectivity index (χ0) is 22.5. The number of nitrogens with one attached hydrogen (secondary N) is 1. The number of aromatic nitrogens is 6. The van der Waals surface area contributed by atoms with Crippen molar-refractivity contribution in [1.82, 2.24) is 35.3 Å². The van der Waals surface area contributed by atoms with E-state index in [1.807, 2.05) is 60.8 Å². The number of benzene rings is 1. The molecule has 1 aliphatic heterocycles. The highest BCUT2D eigenvalue weighted by atomic mass is 16.1. The number of hydrogen-bond acceptors (Lipinski definition) is 7. The van der Waals surface area contributed by atoms with Crippen LogP contribution in [0.15, 0.2) is 73.3 Å². The second kappa shape index (κ2) is 9.56. The Balaban J connectivity index is 1.13. The molecular weight excluding hydrogens is 416 g/mol. The number of carbonyl (C=O) groups excluding carboxylic acids is 1. The van der Waals surface area contributed by atoms with Crippen molar-refractivity contribution in [2.75, 3.05) is 18.0 Å². The Kier molecular flexibility index (Phi) is 6.01. The van der Waals surface area contributed by atoms with E-state index in [4.69, 9.17) is 0 Å². The summed E-state index contributed by atoms with van der Waals surface area (Å²) in [6, 6.07) is 17.6. The number of nitrogens with zero attached hydrogens (tertiary/aromatic N) is 7. The molecule has 0 radical (unpaired) electrons. The summed E-state index contributed by atoms with van der Waals surface area (Å²) in [5.74, 6) is 1.54. The fraction of sp³-hybridized carbons (Fsp3) is 0.250. The molecule has 0 spiro atoms. The normalized spacial score (nSPS) is 14.2. The molecule has 5 rings (SSSR count). The maximum Gasteiger partial charge on any atom is 0.223 e. The van der Waals surface area contributed by atoms with Gasteiger partial charge in [0.25, 0.3) is 0 Å². The van der Waals surface area contributed by atoms with Crippen LogP contribution in [0.2, 0.25) is 0 Å². The third-order valence-corrected chi connectivity index (χ3v) is 5.80. The Labute approximate surface area is 191 Å².